The van der Waals surface area contributed by atoms with Gasteiger partial charge < -0.3 is 43.9 Å². The molecule has 0 aromatic carbocycles. The minimum absolute atomic E-state index is 0.0953. The molecule has 0 aliphatic rings. The lowest BCUT2D eigenvalue weighted by molar-refractivity contribution is 0.0944. The summed E-state index contributed by atoms with van der Waals surface area (Å²) in [6.07, 6.45) is 5.44. The summed E-state index contributed by atoms with van der Waals surface area (Å²) in [6, 6.07) is 0. The molecule has 0 aromatic heterocycles. The first-order valence-electron chi connectivity index (χ1n) is 9.44. The molecule has 0 heterocycles. The van der Waals surface area contributed by atoms with Crippen molar-refractivity contribution in [2.45, 2.75) is 56.4 Å². The van der Waals surface area contributed by atoms with E-state index in [0.717, 1.165) is 32.1 Å². The highest BCUT2D eigenvalue weighted by atomic mass is 31.2. The Balaban J connectivity index is 5.32. The van der Waals surface area contributed by atoms with Crippen LogP contribution in [0.3, 0.4) is 0 Å². The number of nitrogens with one attached hydrogen (secondary N) is 1. The second-order valence-electron chi connectivity index (χ2n) is 7.15. The van der Waals surface area contributed by atoms with E-state index in [-0.39, 0.29) is 6.61 Å². The van der Waals surface area contributed by atoms with Crippen LogP contribution < -0.4 is 5.32 Å². The van der Waals surface area contributed by atoms with Gasteiger partial charge in [0.15, 0.2) is 5.40 Å². The Morgan fingerprint density at radius 2 is 1.16 bits per heavy atom. The molecule has 0 bridgehead atoms. The SMILES string of the molecule is CCCCCCCCOCC(CNC(P(=O)(O)O)P(=O)(O)O)C(P(=O)(O)O)P(=O)(O)O. The summed E-state index contributed by atoms with van der Waals surface area (Å²) in [7, 11) is -21.7. The minimum Gasteiger partial charge on any atom is -0.381 e. The van der Waals surface area contributed by atoms with Crippen LogP contribution in [0.25, 0.3) is 0 Å². The maximum Gasteiger partial charge on any atom is 0.354 e. The molecule has 18 heteroatoms. The molecule has 0 rings (SSSR count). The second kappa shape index (κ2) is 13.4. The van der Waals surface area contributed by atoms with Gasteiger partial charge in [-0.3, -0.25) is 23.6 Å². The maximum absolute atomic E-state index is 11.7. The molecule has 0 aromatic rings. The van der Waals surface area contributed by atoms with Crippen LogP contribution in [0.1, 0.15) is 45.4 Å². The fourth-order valence-corrected chi connectivity index (χ4v) is 8.21. The molecule has 31 heavy (non-hydrogen) atoms. The summed E-state index contributed by atoms with van der Waals surface area (Å²) in [5.74, 6) is -1.71. The Bertz CT molecular complexity index is 666. The van der Waals surface area contributed by atoms with Crippen LogP contribution in [0.5, 0.6) is 0 Å². The molecular weight excluding hydrogens is 502 g/mol. The van der Waals surface area contributed by atoms with E-state index in [4.69, 9.17) is 24.3 Å². The number of rotatable bonds is 17. The molecule has 1 unspecified atom stereocenters. The van der Waals surface area contributed by atoms with E-state index < -0.39 is 60.4 Å². The van der Waals surface area contributed by atoms with Gasteiger partial charge in [-0.1, -0.05) is 39.0 Å². The zero-order chi connectivity index (χ0) is 24.5. The van der Waals surface area contributed by atoms with E-state index >= 15 is 0 Å². The summed E-state index contributed by atoms with van der Waals surface area (Å²) in [5, 5.41) is -0.785. The van der Waals surface area contributed by atoms with Gasteiger partial charge in [-0.25, -0.2) is 0 Å². The van der Waals surface area contributed by atoms with Crippen LogP contribution in [-0.4, -0.2) is 69.8 Å². The molecule has 9 N–H and O–H groups in total. The minimum atomic E-state index is -5.44. The third-order valence-electron chi connectivity index (χ3n) is 4.28. The van der Waals surface area contributed by atoms with Gasteiger partial charge in [0.25, 0.3) is 0 Å². The largest absolute Gasteiger partial charge is 0.381 e. The third kappa shape index (κ3) is 13.1. The van der Waals surface area contributed by atoms with E-state index in [1.54, 1.807) is 5.32 Å². The van der Waals surface area contributed by atoms with Crippen LogP contribution in [0, 0.1) is 5.92 Å². The zero-order valence-corrected chi connectivity index (χ0v) is 20.6. The van der Waals surface area contributed by atoms with Crippen molar-refractivity contribution in [2.75, 3.05) is 19.8 Å². The Hall–Kier alpha value is 0.520. The predicted molar refractivity (Wildman–Crippen MR) is 111 cm³/mol. The van der Waals surface area contributed by atoms with Crippen LogP contribution in [0.4, 0.5) is 0 Å². The van der Waals surface area contributed by atoms with Crippen molar-refractivity contribution in [1.82, 2.24) is 5.32 Å². The summed E-state index contributed by atoms with van der Waals surface area (Å²) in [4.78, 5) is 74.2. The first kappa shape index (κ1) is 31.5. The summed E-state index contributed by atoms with van der Waals surface area (Å²) in [6.45, 7) is 0.577. The van der Waals surface area contributed by atoms with Gasteiger partial charge >= 0.3 is 30.4 Å². The lowest BCUT2D eigenvalue weighted by Crippen LogP contribution is -2.39. The van der Waals surface area contributed by atoms with Gasteiger partial charge in [-0.15, -0.1) is 0 Å². The van der Waals surface area contributed by atoms with Crippen molar-refractivity contribution >= 4 is 30.4 Å². The zero-order valence-electron chi connectivity index (χ0n) is 17.0. The molecule has 0 fully saturated rings. The smallest absolute Gasteiger partial charge is 0.354 e. The lowest BCUT2D eigenvalue weighted by atomic mass is 10.1. The number of hydrogen-bond acceptors (Lipinski definition) is 6. The van der Waals surface area contributed by atoms with Gasteiger partial charge in [-0.2, -0.15) is 0 Å². The monoisotopic (exact) mass is 535 g/mol. The molecule has 0 spiro atoms. The normalized spacial score (nSPS) is 15.1. The number of hydrogen-bond donors (Lipinski definition) is 9. The maximum atomic E-state index is 11.7. The fourth-order valence-electron chi connectivity index (χ4n) is 2.91. The molecule has 188 valence electrons. The molecule has 0 aliphatic carbocycles. The molecule has 0 amide bonds. The first-order chi connectivity index (χ1) is 13.9. The Morgan fingerprint density at radius 3 is 1.58 bits per heavy atom. The molecule has 14 nitrogen and oxygen atoms in total. The molecular formula is C13H33NO13P4. The summed E-state index contributed by atoms with van der Waals surface area (Å²) >= 11 is 0. The van der Waals surface area contributed by atoms with Crippen LogP contribution >= 0.6 is 30.4 Å². The molecule has 0 saturated carbocycles. The Labute approximate surface area is 180 Å². The molecule has 0 aliphatic heterocycles. The van der Waals surface area contributed by atoms with E-state index in [0.29, 0.717) is 6.42 Å². The fraction of sp³-hybridized carbons (Fsp3) is 1.00. The van der Waals surface area contributed by atoms with Crippen molar-refractivity contribution in [1.29, 1.82) is 0 Å². The van der Waals surface area contributed by atoms with Gasteiger partial charge in [-0.05, 0) is 6.42 Å². The first-order valence-corrected chi connectivity index (χ1v) is 16.2. The lowest BCUT2D eigenvalue weighted by Gasteiger charge is -2.30. The Kier molecular flexibility index (Phi) is 13.6. The van der Waals surface area contributed by atoms with Gasteiger partial charge in [0, 0.05) is 19.1 Å². The predicted octanol–water partition coefficient (Wildman–Crippen LogP) is 0.890. The van der Waals surface area contributed by atoms with E-state index in [1.165, 1.54) is 0 Å². The molecule has 1 atom stereocenters. The Morgan fingerprint density at radius 1 is 0.710 bits per heavy atom. The van der Waals surface area contributed by atoms with Gasteiger partial charge in [0.1, 0.15) is 0 Å². The van der Waals surface area contributed by atoms with Crippen molar-refractivity contribution in [2.24, 2.45) is 5.92 Å². The van der Waals surface area contributed by atoms with Gasteiger partial charge in [0.05, 0.1) is 6.61 Å². The summed E-state index contributed by atoms with van der Waals surface area (Å²) < 4.78 is 51.4. The average molecular weight is 535 g/mol. The van der Waals surface area contributed by atoms with Crippen LogP contribution in [0.15, 0.2) is 0 Å². The van der Waals surface area contributed by atoms with Crippen molar-refractivity contribution in [3.8, 4) is 0 Å². The topological polar surface area (TPSA) is 251 Å². The van der Waals surface area contributed by atoms with Crippen LogP contribution in [-0.2, 0) is 23.0 Å². The molecule has 0 saturated heterocycles. The highest BCUT2D eigenvalue weighted by molar-refractivity contribution is 7.71. The highest BCUT2D eigenvalue weighted by Gasteiger charge is 2.50. The quantitative estimate of drug-likeness (QED) is 0.0927. The standard InChI is InChI=1S/C13H33NO13P4/c1-2-3-4-5-6-7-8-27-10-11(12(28(15,16)17)29(18,19)20)9-14-13(30(21,22)23)31(24,25)26/h11-14H,2-10H2,1H3,(H2,15,16,17)(H2,18,19,20)(H2,21,22,23)(H2,24,25,26). The summed E-state index contributed by atoms with van der Waals surface area (Å²) in [5.41, 5.74) is -2.71. The van der Waals surface area contributed by atoms with Crippen LogP contribution in [0.2, 0.25) is 0 Å². The highest BCUT2D eigenvalue weighted by Crippen LogP contribution is 2.63. The molecule has 0 radical (unpaired) electrons. The van der Waals surface area contributed by atoms with Gasteiger partial charge in [0.2, 0.25) is 5.52 Å². The van der Waals surface area contributed by atoms with E-state index in [1.807, 2.05) is 0 Å². The number of unbranched alkanes of at least 4 members (excludes halogenated alkanes) is 5. The second-order valence-corrected chi connectivity index (χ2v) is 14.8. The average Bonchev–Trinajstić information content (AvgIpc) is 2.51. The van der Waals surface area contributed by atoms with Crippen molar-refractivity contribution in [3.05, 3.63) is 0 Å². The van der Waals surface area contributed by atoms with E-state index in [2.05, 4.69) is 6.92 Å². The third-order valence-corrected chi connectivity index (χ3v) is 11.8. The van der Waals surface area contributed by atoms with Crippen molar-refractivity contribution < 1.29 is 62.1 Å². The van der Waals surface area contributed by atoms with Crippen molar-refractivity contribution in [3.63, 3.8) is 0 Å². The van der Waals surface area contributed by atoms with E-state index in [9.17, 15) is 37.8 Å². The number of ether oxygens (including phenoxy) is 1.